The Bertz CT molecular complexity index is 702. The van der Waals surface area contributed by atoms with Crippen LogP contribution in [0.5, 0.6) is 0 Å². The number of carbonyl (C=O) groups is 1. The van der Waals surface area contributed by atoms with Crippen molar-refractivity contribution in [3.8, 4) is 0 Å². The Hall–Kier alpha value is -1.54. The van der Waals surface area contributed by atoms with Gasteiger partial charge in [-0.05, 0) is 25.0 Å². The van der Waals surface area contributed by atoms with Gasteiger partial charge in [0.2, 0.25) is 5.91 Å². The molecule has 1 aromatic rings. The molecule has 1 amide bonds. The lowest BCUT2D eigenvalue weighted by Gasteiger charge is -2.29. The predicted molar refractivity (Wildman–Crippen MR) is 94.5 cm³/mol. The van der Waals surface area contributed by atoms with Crippen molar-refractivity contribution in [3.05, 3.63) is 24.3 Å². The van der Waals surface area contributed by atoms with E-state index in [9.17, 15) is 13.2 Å². The maximum atomic E-state index is 12.3. The molecule has 0 atom stereocenters. The molecule has 0 aromatic heterocycles. The molecule has 0 saturated carbocycles. The third kappa shape index (κ3) is 4.26. The van der Waals surface area contributed by atoms with Gasteiger partial charge in [-0.1, -0.05) is 37.7 Å². The van der Waals surface area contributed by atoms with E-state index in [0.29, 0.717) is 23.9 Å². The molecular formula is C15H21N3O3S2. The second-order valence-corrected chi connectivity index (χ2v) is 7.62. The van der Waals surface area contributed by atoms with Gasteiger partial charge in [0, 0.05) is 13.1 Å². The first kappa shape index (κ1) is 17.8. The summed E-state index contributed by atoms with van der Waals surface area (Å²) in [6, 6.07) is 6.83. The number of amides is 1. The van der Waals surface area contributed by atoms with Gasteiger partial charge in [0.05, 0.1) is 11.4 Å². The maximum Gasteiger partial charge on any atom is 0.286 e. The average molecular weight is 355 g/mol. The predicted octanol–water partition coefficient (Wildman–Crippen LogP) is 2.22. The lowest BCUT2D eigenvalue weighted by molar-refractivity contribution is -0.118. The SMILES string of the molecule is CCCNC(=O)CSC1=NS(=O)(=O)c2ccccc2N1CCC. The third-order valence-electron chi connectivity index (χ3n) is 3.21. The zero-order valence-corrected chi connectivity index (χ0v) is 14.9. The molecule has 1 N–H and O–H groups in total. The second-order valence-electron chi connectivity index (χ2n) is 5.11. The monoisotopic (exact) mass is 355 g/mol. The number of hydrogen-bond acceptors (Lipinski definition) is 5. The third-order valence-corrected chi connectivity index (χ3v) is 5.62. The van der Waals surface area contributed by atoms with E-state index in [4.69, 9.17) is 0 Å². The summed E-state index contributed by atoms with van der Waals surface area (Å²) in [4.78, 5) is 13.8. The first-order chi connectivity index (χ1) is 11.0. The summed E-state index contributed by atoms with van der Waals surface area (Å²) < 4.78 is 28.5. The summed E-state index contributed by atoms with van der Waals surface area (Å²) in [5.41, 5.74) is 0.626. The molecule has 6 nitrogen and oxygen atoms in total. The molecule has 126 valence electrons. The minimum absolute atomic E-state index is 0.118. The van der Waals surface area contributed by atoms with Crippen LogP contribution in [0.1, 0.15) is 26.7 Å². The molecule has 0 spiro atoms. The molecule has 2 rings (SSSR count). The highest BCUT2D eigenvalue weighted by molar-refractivity contribution is 8.15. The van der Waals surface area contributed by atoms with Gasteiger partial charge in [-0.25, -0.2) is 0 Å². The van der Waals surface area contributed by atoms with E-state index in [1.165, 1.54) is 0 Å². The zero-order chi connectivity index (χ0) is 16.9. The number of para-hydroxylation sites is 1. The minimum atomic E-state index is -3.71. The first-order valence-electron chi connectivity index (χ1n) is 7.60. The molecule has 0 saturated heterocycles. The Morgan fingerprint density at radius 3 is 2.70 bits per heavy atom. The number of nitrogens with one attached hydrogen (secondary N) is 1. The van der Waals surface area contributed by atoms with Crippen LogP contribution < -0.4 is 10.2 Å². The van der Waals surface area contributed by atoms with Crippen molar-refractivity contribution < 1.29 is 13.2 Å². The van der Waals surface area contributed by atoms with E-state index >= 15 is 0 Å². The van der Waals surface area contributed by atoms with Crippen molar-refractivity contribution >= 4 is 38.5 Å². The van der Waals surface area contributed by atoms with Crippen LogP contribution in [-0.2, 0) is 14.8 Å². The number of sulfonamides is 1. The van der Waals surface area contributed by atoms with Crippen molar-refractivity contribution in [3.63, 3.8) is 0 Å². The zero-order valence-electron chi connectivity index (χ0n) is 13.3. The van der Waals surface area contributed by atoms with Crippen molar-refractivity contribution in [2.45, 2.75) is 31.6 Å². The Morgan fingerprint density at radius 2 is 2.00 bits per heavy atom. The van der Waals surface area contributed by atoms with Gasteiger partial charge in [-0.3, -0.25) is 4.79 Å². The summed E-state index contributed by atoms with van der Waals surface area (Å²) in [7, 11) is -3.71. The molecule has 0 aliphatic carbocycles. The average Bonchev–Trinajstić information content (AvgIpc) is 2.54. The largest absolute Gasteiger partial charge is 0.355 e. The number of thioether (sulfide) groups is 1. The van der Waals surface area contributed by atoms with Gasteiger partial charge in [-0.15, -0.1) is 4.40 Å². The number of hydrogen-bond donors (Lipinski definition) is 1. The van der Waals surface area contributed by atoms with Gasteiger partial charge in [-0.2, -0.15) is 8.42 Å². The van der Waals surface area contributed by atoms with Gasteiger partial charge in [0.15, 0.2) is 5.17 Å². The van der Waals surface area contributed by atoms with Crippen LogP contribution in [-0.4, -0.2) is 38.3 Å². The van der Waals surface area contributed by atoms with E-state index in [0.717, 1.165) is 24.6 Å². The maximum absolute atomic E-state index is 12.3. The molecule has 1 aliphatic heterocycles. The Labute approximate surface area is 141 Å². The molecule has 1 aromatic carbocycles. The van der Waals surface area contributed by atoms with Gasteiger partial charge in [0.25, 0.3) is 10.0 Å². The van der Waals surface area contributed by atoms with Gasteiger partial charge >= 0.3 is 0 Å². The summed E-state index contributed by atoms with van der Waals surface area (Å²) >= 11 is 1.15. The van der Waals surface area contributed by atoms with Crippen LogP contribution >= 0.6 is 11.8 Å². The lowest BCUT2D eigenvalue weighted by atomic mass is 10.3. The van der Waals surface area contributed by atoms with Crippen molar-refractivity contribution in [1.29, 1.82) is 0 Å². The number of anilines is 1. The van der Waals surface area contributed by atoms with Crippen LogP contribution in [0.15, 0.2) is 33.6 Å². The smallest absolute Gasteiger partial charge is 0.286 e. The minimum Gasteiger partial charge on any atom is -0.355 e. The van der Waals surface area contributed by atoms with E-state index in [1.807, 2.05) is 18.7 Å². The molecule has 0 unspecified atom stereocenters. The fourth-order valence-corrected chi connectivity index (χ4v) is 4.50. The normalized spacial score (nSPS) is 15.7. The summed E-state index contributed by atoms with van der Waals surface area (Å²) in [5.74, 6) is 0.0313. The fourth-order valence-electron chi connectivity index (χ4n) is 2.19. The van der Waals surface area contributed by atoms with E-state index in [2.05, 4.69) is 9.71 Å². The Kier molecular flexibility index (Phi) is 6.06. The number of amidine groups is 1. The molecule has 1 aliphatic rings. The van der Waals surface area contributed by atoms with Crippen molar-refractivity contribution in [2.75, 3.05) is 23.7 Å². The first-order valence-corrected chi connectivity index (χ1v) is 10.0. The van der Waals surface area contributed by atoms with Crippen LogP contribution in [0.3, 0.4) is 0 Å². The van der Waals surface area contributed by atoms with Crippen LogP contribution in [0.2, 0.25) is 0 Å². The number of benzene rings is 1. The number of fused-ring (bicyclic) bond motifs is 1. The van der Waals surface area contributed by atoms with Crippen LogP contribution in [0.25, 0.3) is 0 Å². The standard InChI is InChI=1S/C15H21N3O3S2/c1-3-9-16-14(19)11-22-15-17-23(20,21)13-8-6-5-7-12(13)18(15)10-4-2/h5-8H,3-4,9-11H2,1-2H3,(H,16,19). The Morgan fingerprint density at radius 1 is 1.26 bits per heavy atom. The Balaban J connectivity index is 2.24. The molecule has 1 heterocycles. The quantitative estimate of drug-likeness (QED) is 0.846. The second kappa shape index (κ2) is 7.83. The molecular weight excluding hydrogens is 334 g/mol. The highest BCUT2D eigenvalue weighted by Crippen LogP contribution is 2.33. The molecule has 0 fully saturated rings. The number of carbonyl (C=O) groups excluding carboxylic acids is 1. The summed E-state index contributed by atoms with van der Waals surface area (Å²) in [6.45, 7) is 5.26. The number of nitrogens with zero attached hydrogens (tertiary/aromatic N) is 2. The van der Waals surface area contributed by atoms with Crippen molar-refractivity contribution in [2.24, 2.45) is 4.40 Å². The molecule has 0 radical (unpaired) electrons. The van der Waals surface area contributed by atoms with E-state index in [-0.39, 0.29) is 16.6 Å². The van der Waals surface area contributed by atoms with Crippen LogP contribution in [0, 0.1) is 0 Å². The van der Waals surface area contributed by atoms with Crippen molar-refractivity contribution in [1.82, 2.24) is 5.32 Å². The molecule has 8 heteroatoms. The summed E-state index contributed by atoms with van der Waals surface area (Å²) in [5, 5.41) is 3.13. The highest BCUT2D eigenvalue weighted by Gasteiger charge is 2.30. The number of rotatable bonds is 6. The van der Waals surface area contributed by atoms with E-state index in [1.54, 1.807) is 24.3 Å². The topological polar surface area (TPSA) is 78.8 Å². The van der Waals surface area contributed by atoms with Gasteiger partial charge < -0.3 is 10.2 Å². The van der Waals surface area contributed by atoms with Gasteiger partial charge in [0.1, 0.15) is 4.90 Å². The molecule has 23 heavy (non-hydrogen) atoms. The lowest BCUT2D eigenvalue weighted by Crippen LogP contribution is -2.36. The summed E-state index contributed by atoms with van der Waals surface area (Å²) in [6.07, 6.45) is 1.71. The highest BCUT2D eigenvalue weighted by atomic mass is 32.2. The van der Waals surface area contributed by atoms with Crippen LogP contribution in [0.4, 0.5) is 5.69 Å². The fraction of sp³-hybridized carbons (Fsp3) is 0.467. The molecule has 0 bridgehead atoms. The van der Waals surface area contributed by atoms with E-state index < -0.39 is 10.0 Å².